The molecule has 0 aliphatic rings. The Bertz CT molecular complexity index is 825. The molecule has 0 radical (unpaired) electrons. The molecule has 2 aromatic carbocycles. The second kappa shape index (κ2) is 7.04. The second-order valence-corrected chi connectivity index (χ2v) is 5.69. The maximum atomic E-state index is 13.6. The van der Waals surface area contributed by atoms with Crippen LogP contribution in [0.4, 0.5) is 4.39 Å². The third-order valence-electron chi connectivity index (χ3n) is 3.71. The van der Waals surface area contributed by atoms with Crippen molar-refractivity contribution in [2.45, 2.75) is 12.6 Å². The Morgan fingerprint density at radius 3 is 2.74 bits per heavy atom. The lowest BCUT2D eigenvalue weighted by Crippen LogP contribution is -2.24. The van der Waals surface area contributed by atoms with Gasteiger partial charge >= 0.3 is 0 Å². The molecule has 1 aromatic heterocycles. The number of benzene rings is 2. The van der Waals surface area contributed by atoms with E-state index in [1.807, 2.05) is 36.4 Å². The number of hydrogen-bond acceptors (Lipinski definition) is 3. The molecule has 0 bridgehead atoms. The number of halogens is 2. The van der Waals surface area contributed by atoms with Gasteiger partial charge < -0.3 is 10.4 Å². The summed E-state index contributed by atoms with van der Waals surface area (Å²) < 4.78 is 13.6. The zero-order valence-electron chi connectivity index (χ0n) is 12.3. The van der Waals surface area contributed by atoms with Crippen molar-refractivity contribution in [2.24, 2.45) is 0 Å². The fourth-order valence-electron chi connectivity index (χ4n) is 2.45. The van der Waals surface area contributed by atoms with Crippen molar-refractivity contribution in [3.8, 4) is 0 Å². The Labute approximate surface area is 138 Å². The average Bonchev–Trinajstić information content (AvgIpc) is 2.58. The number of aliphatic hydroxyl groups is 1. The Hall–Kier alpha value is -2.01. The van der Waals surface area contributed by atoms with Gasteiger partial charge in [0.2, 0.25) is 0 Å². The van der Waals surface area contributed by atoms with Gasteiger partial charge in [0.25, 0.3) is 0 Å². The minimum atomic E-state index is -0.492. The van der Waals surface area contributed by atoms with Gasteiger partial charge in [-0.25, -0.2) is 4.39 Å². The Balaban J connectivity index is 1.74. The summed E-state index contributed by atoms with van der Waals surface area (Å²) in [6.45, 7) is 0.328. The molecule has 0 saturated carbocycles. The minimum absolute atomic E-state index is 0.0710. The van der Waals surface area contributed by atoms with Gasteiger partial charge in [-0.2, -0.15) is 0 Å². The van der Waals surface area contributed by atoms with Gasteiger partial charge in [0.05, 0.1) is 28.9 Å². The molecule has 118 valence electrons. The van der Waals surface area contributed by atoms with E-state index in [0.29, 0.717) is 12.1 Å². The van der Waals surface area contributed by atoms with Crippen LogP contribution in [-0.4, -0.2) is 16.7 Å². The predicted octanol–water partition coefficient (Wildman–Crippen LogP) is 3.85. The maximum Gasteiger partial charge on any atom is 0.142 e. The van der Waals surface area contributed by atoms with Crippen LogP contribution < -0.4 is 5.32 Å². The van der Waals surface area contributed by atoms with Crippen LogP contribution in [0.2, 0.25) is 5.02 Å². The summed E-state index contributed by atoms with van der Waals surface area (Å²) in [6, 6.07) is 16.0. The first-order chi connectivity index (χ1) is 11.2. The zero-order chi connectivity index (χ0) is 16.2. The molecule has 0 amide bonds. The minimum Gasteiger partial charge on any atom is -0.394 e. The van der Waals surface area contributed by atoms with Crippen molar-refractivity contribution in [3.63, 3.8) is 0 Å². The fourth-order valence-corrected chi connectivity index (χ4v) is 2.57. The highest BCUT2D eigenvalue weighted by molar-refractivity contribution is 6.30. The third-order valence-corrected chi connectivity index (χ3v) is 4.02. The van der Waals surface area contributed by atoms with E-state index < -0.39 is 5.82 Å². The first kappa shape index (κ1) is 15.9. The van der Waals surface area contributed by atoms with Crippen LogP contribution >= 0.6 is 11.6 Å². The normalized spacial score (nSPS) is 12.5. The molecule has 2 N–H and O–H groups in total. The SMILES string of the molecule is OCC(NCc1ccc2ccccc2n1)c1ccc(Cl)c(F)c1. The number of aliphatic hydroxyl groups excluding tert-OH is 1. The van der Waals surface area contributed by atoms with Gasteiger partial charge in [-0.15, -0.1) is 0 Å². The number of nitrogens with one attached hydrogen (secondary N) is 1. The van der Waals surface area contributed by atoms with Crippen molar-refractivity contribution in [2.75, 3.05) is 6.61 Å². The molecule has 5 heteroatoms. The number of rotatable bonds is 5. The predicted molar refractivity (Wildman–Crippen MR) is 89.8 cm³/mol. The van der Waals surface area contributed by atoms with E-state index in [2.05, 4.69) is 10.3 Å². The number of fused-ring (bicyclic) bond motifs is 1. The topological polar surface area (TPSA) is 45.1 Å². The Morgan fingerprint density at radius 1 is 1.13 bits per heavy atom. The van der Waals surface area contributed by atoms with Crippen molar-refractivity contribution >= 4 is 22.5 Å². The summed E-state index contributed by atoms with van der Waals surface area (Å²) in [5.41, 5.74) is 2.43. The second-order valence-electron chi connectivity index (χ2n) is 5.28. The van der Waals surface area contributed by atoms with Gasteiger partial charge in [-0.1, -0.05) is 41.9 Å². The van der Waals surface area contributed by atoms with Crippen LogP contribution in [0.15, 0.2) is 54.6 Å². The monoisotopic (exact) mass is 330 g/mol. The summed E-state index contributed by atoms with van der Waals surface area (Å²) in [4.78, 5) is 4.57. The van der Waals surface area contributed by atoms with E-state index in [4.69, 9.17) is 11.6 Å². The van der Waals surface area contributed by atoms with Gasteiger partial charge in [0, 0.05) is 11.9 Å². The number of hydrogen-bond donors (Lipinski definition) is 2. The highest BCUT2D eigenvalue weighted by atomic mass is 35.5. The average molecular weight is 331 g/mol. The van der Waals surface area contributed by atoms with Crippen LogP contribution in [0.1, 0.15) is 17.3 Å². The van der Waals surface area contributed by atoms with Crippen molar-refractivity contribution in [1.82, 2.24) is 10.3 Å². The summed E-state index contributed by atoms with van der Waals surface area (Å²) >= 11 is 5.69. The Kier molecular flexibility index (Phi) is 4.86. The lowest BCUT2D eigenvalue weighted by molar-refractivity contribution is 0.243. The van der Waals surface area contributed by atoms with E-state index in [9.17, 15) is 9.50 Å². The van der Waals surface area contributed by atoms with E-state index >= 15 is 0 Å². The van der Waals surface area contributed by atoms with Crippen molar-refractivity contribution < 1.29 is 9.50 Å². The standard InChI is InChI=1S/C18H16ClFN2O/c19-15-8-6-13(9-16(15)20)18(11-23)21-10-14-7-5-12-3-1-2-4-17(12)22-14/h1-9,18,21,23H,10-11H2. The smallest absolute Gasteiger partial charge is 0.142 e. The van der Waals surface area contributed by atoms with E-state index in [0.717, 1.165) is 16.6 Å². The van der Waals surface area contributed by atoms with Crippen LogP contribution in [0.25, 0.3) is 10.9 Å². The van der Waals surface area contributed by atoms with Gasteiger partial charge in [0.15, 0.2) is 0 Å². The zero-order valence-corrected chi connectivity index (χ0v) is 13.1. The van der Waals surface area contributed by atoms with Crippen molar-refractivity contribution in [1.29, 1.82) is 0 Å². The highest BCUT2D eigenvalue weighted by Gasteiger charge is 2.12. The summed E-state index contributed by atoms with van der Waals surface area (Å²) in [6.07, 6.45) is 0. The number of nitrogens with zero attached hydrogens (tertiary/aromatic N) is 1. The largest absolute Gasteiger partial charge is 0.394 e. The van der Waals surface area contributed by atoms with E-state index in [1.165, 1.54) is 12.1 Å². The molecule has 0 fully saturated rings. The third kappa shape index (κ3) is 3.67. The van der Waals surface area contributed by atoms with Gasteiger partial charge in [-0.3, -0.25) is 4.98 Å². The van der Waals surface area contributed by atoms with E-state index in [1.54, 1.807) is 6.07 Å². The first-order valence-corrected chi connectivity index (χ1v) is 7.69. The molecule has 0 aliphatic heterocycles. The molecule has 0 spiro atoms. The van der Waals surface area contributed by atoms with Crippen molar-refractivity contribution in [3.05, 3.63) is 76.7 Å². The summed E-state index contributed by atoms with van der Waals surface area (Å²) in [5.74, 6) is -0.492. The molecule has 1 unspecified atom stereocenters. The lowest BCUT2D eigenvalue weighted by atomic mass is 10.1. The number of para-hydroxylation sites is 1. The lowest BCUT2D eigenvalue weighted by Gasteiger charge is -2.17. The maximum absolute atomic E-state index is 13.6. The molecule has 23 heavy (non-hydrogen) atoms. The number of aromatic nitrogens is 1. The summed E-state index contributed by atoms with van der Waals surface area (Å²) in [7, 11) is 0. The van der Waals surface area contributed by atoms with Crippen LogP contribution in [0, 0.1) is 5.82 Å². The molecule has 3 nitrogen and oxygen atoms in total. The molecular formula is C18H16ClFN2O. The molecular weight excluding hydrogens is 315 g/mol. The molecule has 1 heterocycles. The van der Waals surface area contributed by atoms with Crippen LogP contribution in [0.3, 0.4) is 0 Å². The molecule has 0 saturated heterocycles. The summed E-state index contributed by atoms with van der Waals surface area (Å²) in [5, 5.41) is 13.9. The van der Waals surface area contributed by atoms with Gasteiger partial charge in [-0.05, 0) is 29.8 Å². The van der Waals surface area contributed by atoms with E-state index in [-0.39, 0.29) is 17.7 Å². The quantitative estimate of drug-likeness (QED) is 0.747. The number of pyridine rings is 1. The first-order valence-electron chi connectivity index (χ1n) is 7.31. The molecule has 1 atom stereocenters. The van der Waals surface area contributed by atoms with Crippen LogP contribution in [0.5, 0.6) is 0 Å². The fraction of sp³-hybridized carbons (Fsp3) is 0.167. The van der Waals surface area contributed by atoms with Gasteiger partial charge in [0.1, 0.15) is 5.82 Å². The Morgan fingerprint density at radius 2 is 1.96 bits per heavy atom. The molecule has 0 aliphatic carbocycles. The highest BCUT2D eigenvalue weighted by Crippen LogP contribution is 2.20. The molecule has 3 rings (SSSR count). The molecule has 3 aromatic rings. The van der Waals surface area contributed by atoms with Crippen LogP contribution in [-0.2, 0) is 6.54 Å².